The summed E-state index contributed by atoms with van der Waals surface area (Å²) in [7, 11) is 0. The molecule has 0 saturated carbocycles. The largest absolute Gasteiger partial charge is 0.389 e. The number of hydrogen-bond acceptors (Lipinski definition) is 2. The summed E-state index contributed by atoms with van der Waals surface area (Å²) >= 11 is 6.37. The van der Waals surface area contributed by atoms with Gasteiger partial charge in [-0.2, -0.15) is 0 Å². The highest BCUT2D eigenvalue weighted by Gasteiger charge is 2.28. The molecule has 1 unspecified atom stereocenters. The Balaban J connectivity index is 2.28. The number of aliphatic hydroxyl groups is 1. The predicted octanol–water partition coefficient (Wildman–Crippen LogP) is 4.02. The molecule has 1 aliphatic heterocycles. The molecule has 0 spiro atoms. The van der Waals surface area contributed by atoms with Crippen LogP contribution in [0.5, 0.6) is 0 Å². The van der Waals surface area contributed by atoms with Gasteiger partial charge < -0.3 is 10.0 Å². The molecule has 100 valence electrons. The monoisotopic (exact) mass is 267 g/mol. The third kappa shape index (κ3) is 2.65. The predicted molar refractivity (Wildman–Crippen MR) is 77.3 cm³/mol. The van der Waals surface area contributed by atoms with Crippen LogP contribution in [0.4, 0.5) is 5.69 Å². The lowest BCUT2D eigenvalue weighted by Gasteiger charge is -2.30. The third-order valence-electron chi connectivity index (χ3n) is 3.83. The summed E-state index contributed by atoms with van der Waals surface area (Å²) in [6, 6.07) is 6.49. The molecule has 0 radical (unpaired) electrons. The minimum absolute atomic E-state index is 0.462. The molecule has 18 heavy (non-hydrogen) atoms. The summed E-state index contributed by atoms with van der Waals surface area (Å²) < 4.78 is 0. The van der Waals surface area contributed by atoms with E-state index in [1.807, 2.05) is 18.2 Å². The average molecular weight is 268 g/mol. The van der Waals surface area contributed by atoms with Gasteiger partial charge in [0.05, 0.1) is 16.8 Å². The SMILES string of the molecule is CC(C)C1CCCN1c1ccc([C@@H](C)O)cc1Cl. The molecule has 0 aliphatic carbocycles. The van der Waals surface area contributed by atoms with Crippen molar-refractivity contribution in [3.05, 3.63) is 28.8 Å². The molecule has 1 heterocycles. The Morgan fingerprint density at radius 2 is 2.06 bits per heavy atom. The first-order valence-corrected chi connectivity index (χ1v) is 7.12. The molecule has 2 rings (SSSR count). The van der Waals surface area contributed by atoms with Crippen LogP contribution in [0.15, 0.2) is 18.2 Å². The van der Waals surface area contributed by atoms with Crippen molar-refractivity contribution < 1.29 is 5.11 Å². The smallest absolute Gasteiger partial charge is 0.0762 e. The first-order chi connectivity index (χ1) is 8.50. The topological polar surface area (TPSA) is 23.5 Å². The minimum atomic E-state index is -0.462. The molecule has 2 atom stereocenters. The van der Waals surface area contributed by atoms with E-state index in [0.717, 1.165) is 22.8 Å². The van der Waals surface area contributed by atoms with Gasteiger partial charge in [0.2, 0.25) is 0 Å². The molecule has 1 aromatic carbocycles. The van der Waals surface area contributed by atoms with Crippen LogP contribution >= 0.6 is 11.6 Å². The number of halogens is 1. The lowest BCUT2D eigenvalue weighted by atomic mass is 10.0. The Morgan fingerprint density at radius 1 is 1.33 bits per heavy atom. The third-order valence-corrected chi connectivity index (χ3v) is 4.14. The summed E-state index contributed by atoms with van der Waals surface area (Å²) in [6.45, 7) is 7.37. The summed E-state index contributed by atoms with van der Waals surface area (Å²) in [5.41, 5.74) is 1.99. The number of hydrogen-bond donors (Lipinski definition) is 1. The van der Waals surface area contributed by atoms with Crippen molar-refractivity contribution in [1.82, 2.24) is 0 Å². The van der Waals surface area contributed by atoms with Crippen LogP contribution in [0.3, 0.4) is 0 Å². The molecule has 2 nitrogen and oxygen atoms in total. The standard InChI is InChI=1S/C15H22ClNO/c1-10(2)14-5-4-8-17(14)15-7-6-12(11(3)18)9-13(15)16/h6-7,9-11,14,18H,4-5,8H2,1-3H3/t11-,14?/m1/s1. The summed E-state index contributed by atoms with van der Waals surface area (Å²) in [4.78, 5) is 2.42. The van der Waals surface area contributed by atoms with Crippen molar-refractivity contribution in [2.75, 3.05) is 11.4 Å². The molecule has 0 aromatic heterocycles. The fourth-order valence-corrected chi connectivity index (χ4v) is 3.10. The summed E-state index contributed by atoms with van der Waals surface area (Å²) in [5, 5.41) is 10.3. The lowest BCUT2D eigenvalue weighted by molar-refractivity contribution is 0.199. The van der Waals surface area contributed by atoms with Gasteiger partial charge >= 0.3 is 0 Å². The minimum Gasteiger partial charge on any atom is -0.389 e. The van der Waals surface area contributed by atoms with E-state index >= 15 is 0 Å². The fraction of sp³-hybridized carbons (Fsp3) is 0.600. The van der Waals surface area contributed by atoms with Crippen molar-refractivity contribution >= 4 is 17.3 Å². The van der Waals surface area contributed by atoms with Crippen molar-refractivity contribution in [1.29, 1.82) is 0 Å². The van der Waals surface area contributed by atoms with Crippen LogP contribution in [0, 0.1) is 5.92 Å². The Morgan fingerprint density at radius 3 is 2.61 bits per heavy atom. The van der Waals surface area contributed by atoms with Crippen LogP contribution < -0.4 is 4.90 Å². The molecule has 0 amide bonds. The van der Waals surface area contributed by atoms with E-state index in [-0.39, 0.29) is 0 Å². The van der Waals surface area contributed by atoms with Gasteiger partial charge in [-0.05, 0) is 43.4 Å². The van der Waals surface area contributed by atoms with Gasteiger partial charge in [0, 0.05) is 12.6 Å². The number of nitrogens with zero attached hydrogens (tertiary/aromatic N) is 1. The van der Waals surface area contributed by atoms with Gasteiger partial charge in [-0.1, -0.05) is 31.5 Å². The Hall–Kier alpha value is -0.730. The maximum absolute atomic E-state index is 9.57. The van der Waals surface area contributed by atoms with Crippen molar-refractivity contribution in [3.63, 3.8) is 0 Å². The molecule has 1 N–H and O–H groups in total. The lowest BCUT2D eigenvalue weighted by Crippen LogP contribution is -2.33. The fourth-order valence-electron chi connectivity index (χ4n) is 2.80. The zero-order chi connectivity index (χ0) is 13.3. The van der Waals surface area contributed by atoms with E-state index in [1.54, 1.807) is 6.92 Å². The molecule has 1 aromatic rings. The quantitative estimate of drug-likeness (QED) is 0.894. The first-order valence-electron chi connectivity index (χ1n) is 6.75. The van der Waals surface area contributed by atoms with E-state index in [9.17, 15) is 5.11 Å². The Kier molecular flexibility index (Phi) is 4.18. The second-order valence-electron chi connectivity index (χ2n) is 5.53. The van der Waals surface area contributed by atoms with Gasteiger partial charge in [-0.15, -0.1) is 0 Å². The molecule has 1 fully saturated rings. The zero-order valence-electron chi connectivity index (χ0n) is 11.4. The van der Waals surface area contributed by atoms with Gasteiger partial charge in [0.1, 0.15) is 0 Å². The van der Waals surface area contributed by atoms with E-state index in [4.69, 9.17) is 11.6 Å². The maximum atomic E-state index is 9.57. The van der Waals surface area contributed by atoms with E-state index < -0.39 is 6.10 Å². The van der Waals surface area contributed by atoms with Crippen molar-refractivity contribution in [2.24, 2.45) is 5.92 Å². The highest BCUT2D eigenvalue weighted by Crippen LogP contribution is 2.35. The summed E-state index contributed by atoms with van der Waals surface area (Å²) in [5.74, 6) is 0.639. The maximum Gasteiger partial charge on any atom is 0.0762 e. The molecule has 0 bridgehead atoms. The molecule has 1 aliphatic rings. The van der Waals surface area contributed by atoms with Gasteiger partial charge in [0.25, 0.3) is 0 Å². The van der Waals surface area contributed by atoms with Gasteiger partial charge in [-0.3, -0.25) is 0 Å². The van der Waals surface area contributed by atoms with Gasteiger partial charge in [-0.25, -0.2) is 0 Å². The van der Waals surface area contributed by atoms with Crippen molar-refractivity contribution in [3.8, 4) is 0 Å². The average Bonchev–Trinajstić information content (AvgIpc) is 2.77. The molecular formula is C15H22ClNO. The summed E-state index contributed by atoms with van der Waals surface area (Å²) in [6.07, 6.45) is 2.01. The van der Waals surface area contributed by atoms with E-state index in [0.29, 0.717) is 12.0 Å². The number of anilines is 1. The Labute approximate surface area is 115 Å². The number of benzene rings is 1. The normalized spacial score (nSPS) is 21.7. The Bertz CT molecular complexity index is 417. The van der Waals surface area contributed by atoms with Crippen LogP contribution in [-0.2, 0) is 0 Å². The first kappa shape index (κ1) is 13.7. The molecular weight excluding hydrogens is 246 g/mol. The second kappa shape index (κ2) is 5.50. The zero-order valence-corrected chi connectivity index (χ0v) is 12.1. The van der Waals surface area contributed by atoms with Crippen LogP contribution in [0.2, 0.25) is 5.02 Å². The number of aliphatic hydroxyl groups excluding tert-OH is 1. The van der Waals surface area contributed by atoms with Gasteiger partial charge in [0.15, 0.2) is 0 Å². The number of rotatable bonds is 3. The second-order valence-corrected chi connectivity index (χ2v) is 5.94. The van der Waals surface area contributed by atoms with Crippen LogP contribution in [-0.4, -0.2) is 17.7 Å². The van der Waals surface area contributed by atoms with Crippen LogP contribution in [0.25, 0.3) is 0 Å². The highest BCUT2D eigenvalue weighted by atomic mass is 35.5. The van der Waals surface area contributed by atoms with Crippen molar-refractivity contribution in [2.45, 2.75) is 45.8 Å². The highest BCUT2D eigenvalue weighted by molar-refractivity contribution is 6.33. The van der Waals surface area contributed by atoms with E-state index in [2.05, 4.69) is 18.7 Å². The van der Waals surface area contributed by atoms with E-state index in [1.165, 1.54) is 12.8 Å². The van der Waals surface area contributed by atoms with Crippen LogP contribution in [0.1, 0.15) is 45.3 Å². The molecule has 3 heteroatoms. The molecule has 1 saturated heterocycles.